The monoisotopic (exact) mass is 488 g/mol. The van der Waals surface area contributed by atoms with Gasteiger partial charge in [-0.05, 0) is 103 Å². The third kappa shape index (κ3) is 3.32. The number of rotatable bonds is 4. The lowest BCUT2D eigenvalue weighted by Crippen LogP contribution is -2.57. The fraction of sp³-hybridized carbons (Fsp3) is 0.733. The van der Waals surface area contributed by atoms with Gasteiger partial charge in [-0.2, -0.15) is 4.80 Å². The van der Waals surface area contributed by atoms with Gasteiger partial charge in [0.05, 0.1) is 5.60 Å². The Morgan fingerprint density at radius 1 is 0.944 bits per heavy atom. The Morgan fingerprint density at radius 3 is 2.58 bits per heavy atom. The standard InChI is InChI=1S/C30H40N4O2/c1-28-14-13-22-20(11-12-23-25-17-30(25,36)16-15-29(22,23)2)21(28)9-6-10-24(28)26(35)18-34-32-27(31-33-34)19-7-4-3-5-8-19/h3-5,7-8,20-25,36H,6,9-18H2,1-2H3/t20-,21-,22-,23-,24+,25?,28-,29+,30-/m0/s1. The molecule has 5 aliphatic carbocycles. The number of hydrogen-bond donors (Lipinski definition) is 1. The number of ketones is 1. The molecule has 6 nitrogen and oxygen atoms in total. The highest BCUT2D eigenvalue weighted by Gasteiger charge is 2.68. The smallest absolute Gasteiger partial charge is 0.204 e. The van der Waals surface area contributed by atoms with Crippen molar-refractivity contribution in [1.82, 2.24) is 20.2 Å². The molecule has 5 saturated carbocycles. The molecule has 0 radical (unpaired) electrons. The Bertz CT molecular complexity index is 1160. The van der Waals surface area contributed by atoms with Gasteiger partial charge in [0.15, 0.2) is 5.78 Å². The highest BCUT2D eigenvalue weighted by molar-refractivity contribution is 5.81. The minimum Gasteiger partial charge on any atom is -0.390 e. The van der Waals surface area contributed by atoms with Crippen LogP contribution in [0.1, 0.15) is 78.1 Å². The van der Waals surface area contributed by atoms with E-state index in [0.717, 1.165) is 49.5 Å². The summed E-state index contributed by atoms with van der Waals surface area (Å²) < 4.78 is 0. The predicted octanol–water partition coefficient (Wildman–Crippen LogP) is 5.32. The molecule has 1 aromatic carbocycles. The lowest BCUT2D eigenvalue weighted by atomic mass is 9.41. The number of benzene rings is 1. The predicted molar refractivity (Wildman–Crippen MR) is 137 cm³/mol. The number of aliphatic hydroxyl groups is 1. The topological polar surface area (TPSA) is 80.9 Å². The summed E-state index contributed by atoms with van der Waals surface area (Å²) in [6, 6.07) is 9.84. The molecule has 36 heavy (non-hydrogen) atoms. The molecule has 6 heteroatoms. The summed E-state index contributed by atoms with van der Waals surface area (Å²) in [6.07, 6.45) is 11.7. The first-order valence-electron chi connectivity index (χ1n) is 14.4. The summed E-state index contributed by atoms with van der Waals surface area (Å²) in [4.78, 5) is 15.3. The van der Waals surface area contributed by atoms with Crippen molar-refractivity contribution >= 4 is 5.78 Å². The molecule has 1 N–H and O–H groups in total. The first-order valence-corrected chi connectivity index (χ1v) is 14.4. The van der Waals surface area contributed by atoms with Gasteiger partial charge in [0, 0.05) is 11.5 Å². The third-order valence-electron chi connectivity index (χ3n) is 12.0. The first-order chi connectivity index (χ1) is 17.3. The number of aromatic nitrogens is 4. The molecule has 2 aromatic rings. The average Bonchev–Trinajstić information content (AvgIpc) is 3.35. The van der Waals surface area contributed by atoms with Gasteiger partial charge < -0.3 is 5.11 Å². The van der Waals surface area contributed by atoms with E-state index in [0.29, 0.717) is 34.8 Å². The number of carbonyl (C=O) groups is 1. The molecule has 0 saturated heterocycles. The summed E-state index contributed by atoms with van der Waals surface area (Å²) in [7, 11) is 0. The second kappa shape index (κ2) is 7.96. The van der Waals surface area contributed by atoms with Crippen LogP contribution in [0.5, 0.6) is 0 Å². The second-order valence-electron chi connectivity index (χ2n) is 13.5. The Morgan fingerprint density at radius 2 is 1.75 bits per heavy atom. The number of hydrogen-bond acceptors (Lipinski definition) is 5. The lowest BCUT2D eigenvalue weighted by molar-refractivity contribution is -0.161. The van der Waals surface area contributed by atoms with Gasteiger partial charge in [-0.1, -0.05) is 50.6 Å². The van der Waals surface area contributed by atoms with Gasteiger partial charge >= 0.3 is 0 Å². The van der Waals surface area contributed by atoms with E-state index in [4.69, 9.17) is 0 Å². The van der Waals surface area contributed by atoms with Crippen molar-refractivity contribution in [2.24, 2.45) is 46.3 Å². The van der Waals surface area contributed by atoms with Gasteiger partial charge in [0.1, 0.15) is 6.54 Å². The van der Waals surface area contributed by atoms with Crippen molar-refractivity contribution in [2.45, 2.75) is 90.2 Å². The van der Waals surface area contributed by atoms with Crippen LogP contribution in [0.4, 0.5) is 0 Å². The van der Waals surface area contributed by atoms with Gasteiger partial charge in [-0.15, -0.1) is 10.2 Å². The Balaban J connectivity index is 1.10. The molecule has 7 rings (SSSR count). The maximum Gasteiger partial charge on any atom is 0.204 e. The number of carbonyl (C=O) groups excluding carboxylic acids is 1. The van der Waals surface area contributed by atoms with Crippen molar-refractivity contribution in [3.63, 3.8) is 0 Å². The van der Waals surface area contributed by atoms with E-state index in [1.807, 2.05) is 30.3 Å². The van der Waals surface area contributed by atoms with Gasteiger partial charge in [-0.25, -0.2) is 0 Å². The van der Waals surface area contributed by atoms with Crippen LogP contribution in [-0.4, -0.2) is 36.7 Å². The second-order valence-corrected chi connectivity index (χ2v) is 13.5. The van der Waals surface area contributed by atoms with Crippen LogP contribution in [0.25, 0.3) is 11.4 Å². The van der Waals surface area contributed by atoms with E-state index in [1.165, 1.54) is 36.9 Å². The molecular formula is C30H40N4O2. The molecule has 9 atom stereocenters. The van der Waals surface area contributed by atoms with Crippen LogP contribution in [-0.2, 0) is 11.3 Å². The maximum atomic E-state index is 13.8. The van der Waals surface area contributed by atoms with Crippen LogP contribution >= 0.6 is 0 Å². The zero-order valence-corrected chi connectivity index (χ0v) is 21.8. The fourth-order valence-electron chi connectivity index (χ4n) is 10.1. The van der Waals surface area contributed by atoms with E-state index in [2.05, 4.69) is 29.3 Å². The van der Waals surface area contributed by atoms with E-state index in [1.54, 1.807) is 0 Å². The van der Waals surface area contributed by atoms with Crippen molar-refractivity contribution in [3.05, 3.63) is 30.3 Å². The fourth-order valence-corrected chi connectivity index (χ4v) is 10.1. The Hall–Kier alpha value is -2.08. The van der Waals surface area contributed by atoms with Crippen molar-refractivity contribution in [3.8, 4) is 11.4 Å². The maximum absolute atomic E-state index is 13.8. The molecule has 5 fully saturated rings. The molecule has 0 bridgehead atoms. The summed E-state index contributed by atoms with van der Waals surface area (Å²) in [6.45, 7) is 5.23. The van der Waals surface area contributed by atoms with Gasteiger partial charge in [0.25, 0.3) is 0 Å². The molecule has 0 spiro atoms. The number of tetrazole rings is 1. The van der Waals surface area contributed by atoms with Crippen molar-refractivity contribution in [2.75, 3.05) is 0 Å². The number of fused-ring (bicyclic) bond motifs is 7. The SMILES string of the molecule is C[C@]12CC[C@]3(O)CC3[C@@H]1CC[C@@H]1[C@@H]2CC[C@]2(C)[C@@H](C(=O)Cn3nnc(-c4ccccc4)n3)CCC[C@@H]12. The van der Waals surface area contributed by atoms with Crippen LogP contribution < -0.4 is 0 Å². The lowest BCUT2D eigenvalue weighted by Gasteiger charge is -2.63. The molecule has 1 heterocycles. The molecule has 1 aromatic heterocycles. The average molecular weight is 489 g/mol. The minimum absolute atomic E-state index is 0.0809. The molecular weight excluding hydrogens is 448 g/mol. The van der Waals surface area contributed by atoms with Crippen molar-refractivity contribution < 1.29 is 9.90 Å². The van der Waals surface area contributed by atoms with Crippen LogP contribution in [0.15, 0.2) is 30.3 Å². The zero-order chi connectivity index (χ0) is 24.7. The van der Waals surface area contributed by atoms with E-state index in [-0.39, 0.29) is 23.5 Å². The normalized spacial score (nSPS) is 45.1. The zero-order valence-electron chi connectivity index (χ0n) is 21.8. The molecule has 0 amide bonds. The largest absolute Gasteiger partial charge is 0.390 e. The molecule has 192 valence electrons. The van der Waals surface area contributed by atoms with E-state index >= 15 is 0 Å². The Labute approximate surface area is 214 Å². The summed E-state index contributed by atoms with van der Waals surface area (Å²) >= 11 is 0. The summed E-state index contributed by atoms with van der Waals surface area (Å²) in [5, 5.41) is 23.8. The molecule has 5 aliphatic rings. The Kier molecular flexibility index (Phi) is 5.10. The van der Waals surface area contributed by atoms with Crippen LogP contribution in [0, 0.1) is 46.3 Å². The van der Waals surface area contributed by atoms with Crippen molar-refractivity contribution in [1.29, 1.82) is 0 Å². The van der Waals surface area contributed by atoms with E-state index < -0.39 is 0 Å². The van der Waals surface area contributed by atoms with Gasteiger partial charge in [-0.3, -0.25) is 4.79 Å². The van der Waals surface area contributed by atoms with Gasteiger partial charge in [0.2, 0.25) is 5.82 Å². The number of Topliss-reactive ketones (excluding diaryl/α,β-unsaturated/α-hetero) is 1. The van der Waals surface area contributed by atoms with Crippen LogP contribution in [0.3, 0.4) is 0 Å². The molecule has 1 unspecified atom stereocenters. The highest BCUT2D eigenvalue weighted by Crippen LogP contribution is 2.72. The highest BCUT2D eigenvalue weighted by atomic mass is 16.3. The molecule has 0 aliphatic heterocycles. The third-order valence-corrected chi connectivity index (χ3v) is 12.0. The van der Waals surface area contributed by atoms with Crippen LogP contribution in [0.2, 0.25) is 0 Å². The summed E-state index contributed by atoms with van der Waals surface area (Å²) in [5.41, 5.74) is 1.07. The quantitative estimate of drug-likeness (QED) is 0.630. The van der Waals surface area contributed by atoms with E-state index in [9.17, 15) is 9.90 Å². The minimum atomic E-state index is -0.321. The first kappa shape index (κ1) is 23.1. The summed E-state index contributed by atoms with van der Waals surface area (Å²) in [5.74, 6) is 4.37. The number of nitrogens with zero attached hydrogens (tertiary/aromatic N) is 4.